The van der Waals surface area contributed by atoms with Gasteiger partial charge in [0.15, 0.2) is 0 Å². The molecule has 0 aliphatic heterocycles. The second-order valence-corrected chi connectivity index (χ2v) is 7.27. The van der Waals surface area contributed by atoms with E-state index in [1.54, 1.807) is 12.1 Å². The molecular weight excluding hydrogens is 292 g/mol. The Morgan fingerprint density at radius 3 is 2.48 bits per heavy atom. The molecule has 0 aromatic heterocycles. The maximum Gasteiger partial charge on any atom is 0.307 e. The standard InChI is InChI=1S/C14H16N2O4S/c1-16(11-7-5-10(9-15)6-8-11)21(19,20)13-4-2-3-12(13)14(17)18/h5-8,12-13H,2-4H2,1H3,(H,17,18). The molecule has 6 nitrogen and oxygen atoms in total. The minimum Gasteiger partial charge on any atom is -0.481 e. The Hall–Kier alpha value is -2.07. The van der Waals surface area contributed by atoms with Gasteiger partial charge in [-0.15, -0.1) is 0 Å². The molecule has 2 unspecified atom stereocenters. The number of rotatable bonds is 4. The van der Waals surface area contributed by atoms with E-state index in [0.29, 0.717) is 30.5 Å². The zero-order chi connectivity index (χ0) is 15.6. The Bertz CT molecular complexity index is 676. The molecule has 0 amide bonds. The Labute approximate surface area is 123 Å². The highest BCUT2D eigenvalue weighted by Crippen LogP contribution is 2.34. The van der Waals surface area contributed by atoms with E-state index in [2.05, 4.69) is 0 Å². The van der Waals surface area contributed by atoms with E-state index in [9.17, 15) is 13.2 Å². The molecule has 0 heterocycles. The van der Waals surface area contributed by atoms with E-state index in [4.69, 9.17) is 10.4 Å². The second kappa shape index (κ2) is 5.74. The van der Waals surface area contributed by atoms with Gasteiger partial charge in [-0.3, -0.25) is 9.10 Å². The molecule has 21 heavy (non-hydrogen) atoms. The molecule has 1 fully saturated rings. The summed E-state index contributed by atoms with van der Waals surface area (Å²) in [7, 11) is -2.33. The summed E-state index contributed by atoms with van der Waals surface area (Å²) in [4.78, 5) is 11.2. The van der Waals surface area contributed by atoms with Crippen LogP contribution in [0.2, 0.25) is 0 Å². The Morgan fingerprint density at radius 1 is 1.33 bits per heavy atom. The van der Waals surface area contributed by atoms with Crippen LogP contribution < -0.4 is 4.31 Å². The molecule has 0 saturated heterocycles. The summed E-state index contributed by atoms with van der Waals surface area (Å²) in [5, 5.41) is 17.0. The fourth-order valence-corrected chi connectivity index (χ4v) is 4.61. The molecule has 112 valence electrons. The van der Waals surface area contributed by atoms with Gasteiger partial charge in [0.05, 0.1) is 28.5 Å². The fraction of sp³-hybridized carbons (Fsp3) is 0.429. The number of hydrogen-bond acceptors (Lipinski definition) is 4. The number of anilines is 1. The number of aliphatic carboxylic acids is 1. The van der Waals surface area contributed by atoms with Gasteiger partial charge in [-0.25, -0.2) is 8.42 Å². The van der Waals surface area contributed by atoms with Crippen LogP contribution in [-0.4, -0.2) is 31.8 Å². The first-order valence-electron chi connectivity index (χ1n) is 6.58. The van der Waals surface area contributed by atoms with Crippen LogP contribution in [-0.2, 0) is 14.8 Å². The van der Waals surface area contributed by atoms with Crippen LogP contribution in [0.15, 0.2) is 24.3 Å². The summed E-state index contributed by atoms with van der Waals surface area (Å²) < 4.78 is 26.3. The number of sulfonamides is 1. The molecule has 0 radical (unpaired) electrons. The number of benzene rings is 1. The topological polar surface area (TPSA) is 98.5 Å². The van der Waals surface area contributed by atoms with Crippen molar-refractivity contribution in [2.75, 3.05) is 11.4 Å². The van der Waals surface area contributed by atoms with E-state index in [1.807, 2.05) is 6.07 Å². The summed E-state index contributed by atoms with van der Waals surface area (Å²) in [5.74, 6) is -1.91. The van der Waals surface area contributed by atoms with E-state index >= 15 is 0 Å². The minimum absolute atomic E-state index is 0.361. The average Bonchev–Trinajstić information content (AvgIpc) is 2.97. The molecule has 1 saturated carbocycles. The van der Waals surface area contributed by atoms with Crippen LogP contribution in [0, 0.1) is 17.2 Å². The maximum atomic E-state index is 12.6. The van der Waals surface area contributed by atoms with Crippen LogP contribution in [0.3, 0.4) is 0 Å². The lowest BCUT2D eigenvalue weighted by molar-refractivity contribution is -0.141. The Morgan fingerprint density at radius 2 is 1.95 bits per heavy atom. The third-order valence-corrected chi connectivity index (χ3v) is 6.20. The van der Waals surface area contributed by atoms with Gasteiger partial charge < -0.3 is 5.11 Å². The average molecular weight is 308 g/mol. The van der Waals surface area contributed by atoms with Crippen molar-refractivity contribution in [1.82, 2.24) is 0 Å². The Kier molecular flexibility index (Phi) is 4.19. The number of nitrogens with zero attached hydrogens (tertiary/aromatic N) is 2. The van der Waals surface area contributed by atoms with Crippen molar-refractivity contribution in [1.29, 1.82) is 5.26 Å². The van der Waals surface area contributed by atoms with Gasteiger partial charge in [-0.1, -0.05) is 6.42 Å². The summed E-state index contributed by atoms with van der Waals surface area (Å²) in [5.41, 5.74) is 0.860. The molecule has 1 N–H and O–H groups in total. The van der Waals surface area contributed by atoms with Crippen LogP contribution in [0.1, 0.15) is 24.8 Å². The van der Waals surface area contributed by atoms with Crippen molar-refractivity contribution in [2.45, 2.75) is 24.5 Å². The van der Waals surface area contributed by atoms with E-state index in [1.165, 1.54) is 19.2 Å². The van der Waals surface area contributed by atoms with Gasteiger partial charge in [0.2, 0.25) is 10.0 Å². The van der Waals surface area contributed by atoms with Crippen LogP contribution in [0.5, 0.6) is 0 Å². The molecule has 0 spiro atoms. The highest BCUT2D eigenvalue weighted by atomic mass is 32.2. The molecule has 1 aromatic carbocycles. The monoisotopic (exact) mass is 308 g/mol. The zero-order valence-corrected chi connectivity index (χ0v) is 12.4. The highest BCUT2D eigenvalue weighted by molar-refractivity contribution is 7.93. The maximum absolute atomic E-state index is 12.6. The van der Waals surface area contributed by atoms with Crippen molar-refractivity contribution in [3.63, 3.8) is 0 Å². The quantitative estimate of drug-likeness (QED) is 0.910. The van der Waals surface area contributed by atoms with Crippen molar-refractivity contribution in [3.05, 3.63) is 29.8 Å². The first kappa shape index (κ1) is 15.3. The lowest BCUT2D eigenvalue weighted by atomic mass is 10.1. The van der Waals surface area contributed by atoms with Crippen LogP contribution >= 0.6 is 0 Å². The zero-order valence-electron chi connectivity index (χ0n) is 11.6. The SMILES string of the molecule is CN(c1ccc(C#N)cc1)S(=O)(=O)C1CCCC1C(=O)O. The fourth-order valence-electron chi connectivity index (χ4n) is 2.66. The van der Waals surface area contributed by atoms with Gasteiger partial charge in [0, 0.05) is 7.05 Å². The summed E-state index contributed by atoms with van der Waals surface area (Å²) >= 11 is 0. The van der Waals surface area contributed by atoms with Gasteiger partial charge in [-0.2, -0.15) is 5.26 Å². The summed E-state index contributed by atoms with van der Waals surface area (Å²) in [6, 6.07) is 8.11. The molecular formula is C14H16N2O4S. The third kappa shape index (κ3) is 2.85. The first-order valence-corrected chi connectivity index (χ1v) is 8.09. The van der Waals surface area contributed by atoms with Crippen LogP contribution in [0.25, 0.3) is 0 Å². The molecule has 2 rings (SSSR count). The molecule has 7 heteroatoms. The highest BCUT2D eigenvalue weighted by Gasteiger charge is 2.43. The van der Waals surface area contributed by atoms with E-state index < -0.39 is 27.2 Å². The molecule has 2 atom stereocenters. The largest absolute Gasteiger partial charge is 0.481 e. The summed E-state index contributed by atoms with van der Waals surface area (Å²) in [6.07, 6.45) is 1.35. The summed E-state index contributed by atoms with van der Waals surface area (Å²) in [6.45, 7) is 0. The van der Waals surface area contributed by atoms with Crippen molar-refractivity contribution < 1.29 is 18.3 Å². The second-order valence-electron chi connectivity index (χ2n) is 5.09. The van der Waals surface area contributed by atoms with Crippen LogP contribution in [0.4, 0.5) is 5.69 Å². The number of hydrogen-bond donors (Lipinski definition) is 1. The first-order chi connectivity index (χ1) is 9.87. The lowest BCUT2D eigenvalue weighted by Crippen LogP contribution is -2.40. The minimum atomic E-state index is -3.74. The lowest BCUT2D eigenvalue weighted by Gasteiger charge is -2.25. The number of carbonyl (C=O) groups is 1. The molecule has 1 aliphatic carbocycles. The predicted octanol–water partition coefficient (Wildman–Crippen LogP) is 1.58. The van der Waals surface area contributed by atoms with Crippen molar-refractivity contribution in [3.8, 4) is 6.07 Å². The number of carboxylic acids is 1. The smallest absolute Gasteiger partial charge is 0.307 e. The third-order valence-electron chi connectivity index (χ3n) is 3.89. The van der Waals surface area contributed by atoms with E-state index in [0.717, 1.165) is 4.31 Å². The molecule has 1 aromatic rings. The molecule has 1 aliphatic rings. The van der Waals surface area contributed by atoms with Gasteiger partial charge >= 0.3 is 5.97 Å². The van der Waals surface area contributed by atoms with Gasteiger partial charge in [0.1, 0.15) is 0 Å². The normalized spacial score (nSPS) is 21.7. The van der Waals surface area contributed by atoms with Crippen molar-refractivity contribution in [2.24, 2.45) is 5.92 Å². The van der Waals surface area contributed by atoms with E-state index in [-0.39, 0.29) is 0 Å². The van der Waals surface area contributed by atoms with Gasteiger partial charge in [0.25, 0.3) is 0 Å². The van der Waals surface area contributed by atoms with Crippen molar-refractivity contribution >= 4 is 21.7 Å². The number of nitriles is 1. The number of carboxylic acid groups (broad SMARTS) is 1. The Balaban J connectivity index is 2.30. The van der Waals surface area contributed by atoms with Gasteiger partial charge in [-0.05, 0) is 37.1 Å². The molecule has 0 bridgehead atoms. The predicted molar refractivity (Wildman–Crippen MR) is 77.2 cm³/mol.